The van der Waals surface area contributed by atoms with E-state index in [0.29, 0.717) is 17.8 Å². The summed E-state index contributed by atoms with van der Waals surface area (Å²) in [5, 5.41) is 33.4. The molecule has 4 N–H and O–H groups in total. The monoisotopic (exact) mass is 500 g/mol. The fraction of sp³-hybridized carbons (Fsp3) is 0.296. The Hall–Kier alpha value is -4.33. The van der Waals surface area contributed by atoms with Gasteiger partial charge in [0.05, 0.1) is 30.9 Å². The van der Waals surface area contributed by atoms with Gasteiger partial charge in [-0.25, -0.2) is 4.98 Å². The molecule has 0 spiro atoms. The van der Waals surface area contributed by atoms with Crippen LogP contribution in [-0.4, -0.2) is 57.3 Å². The largest absolute Gasteiger partial charge is 0.394 e. The molecule has 0 bridgehead atoms. The van der Waals surface area contributed by atoms with E-state index in [1.807, 2.05) is 25.1 Å². The molecule has 3 heterocycles. The Morgan fingerprint density at radius 1 is 1.11 bits per heavy atom. The van der Waals surface area contributed by atoms with Crippen molar-refractivity contribution >= 4 is 23.3 Å². The fourth-order valence-corrected chi connectivity index (χ4v) is 4.49. The van der Waals surface area contributed by atoms with E-state index in [1.54, 1.807) is 42.3 Å². The highest BCUT2D eigenvalue weighted by molar-refractivity contribution is 5.95. The molecule has 0 radical (unpaired) electrons. The van der Waals surface area contributed by atoms with Crippen LogP contribution in [0.15, 0.2) is 54.9 Å². The average molecular weight is 501 g/mol. The molecule has 1 aliphatic heterocycles. The van der Waals surface area contributed by atoms with Crippen molar-refractivity contribution in [3.05, 3.63) is 71.7 Å². The summed E-state index contributed by atoms with van der Waals surface area (Å²) in [5.41, 5.74) is 4.01. The molecule has 190 valence electrons. The van der Waals surface area contributed by atoms with Crippen molar-refractivity contribution in [3.63, 3.8) is 0 Å². The van der Waals surface area contributed by atoms with Crippen molar-refractivity contribution in [1.82, 2.24) is 15.3 Å². The van der Waals surface area contributed by atoms with E-state index >= 15 is 0 Å². The summed E-state index contributed by atoms with van der Waals surface area (Å²) in [5.74, 6) is 0.0952. The van der Waals surface area contributed by atoms with Crippen molar-refractivity contribution in [2.75, 3.05) is 23.4 Å². The van der Waals surface area contributed by atoms with Crippen LogP contribution < -0.4 is 15.5 Å². The number of hydrogen-bond donors (Lipinski definition) is 4. The summed E-state index contributed by atoms with van der Waals surface area (Å²) >= 11 is 0. The number of carbonyl (C=O) groups excluding carboxylic acids is 2. The first-order valence-corrected chi connectivity index (χ1v) is 11.9. The number of hydrogen-bond acceptors (Lipinski definition) is 8. The minimum absolute atomic E-state index is 0.0344. The number of nitrogens with zero attached hydrogens (tertiary/aromatic N) is 4. The Bertz CT molecular complexity index is 1320. The second-order valence-electron chi connectivity index (χ2n) is 8.96. The molecule has 0 fully saturated rings. The third kappa shape index (κ3) is 5.58. The number of carbonyl (C=O) groups is 2. The van der Waals surface area contributed by atoms with Crippen LogP contribution >= 0.6 is 0 Å². The van der Waals surface area contributed by atoms with Gasteiger partial charge in [0.15, 0.2) is 0 Å². The molecule has 10 nitrogen and oxygen atoms in total. The quantitative estimate of drug-likeness (QED) is 0.386. The SMILES string of the molecule is CC(=O)N1c2ccc(-c3ccc(C(=O)NC(CO)CO)nc3)cc2C(Nc2ccc(C#N)cn2)CC1C. The standard InChI is InChI=1S/C27H28N6O4/c1-16-9-24(32-26-8-3-18(11-28)12-30-26)22-10-19(5-7-25(22)33(16)17(2)36)20-4-6-23(29-13-20)27(37)31-21(14-34)15-35/h3-8,10,12-13,16,21,24,34-35H,9,14-15H2,1-2H3,(H,30,32)(H,31,37). The second-order valence-corrected chi connectivity index (χ2v) is 8.96. The molecule has 2 unspecified atom stereocenters. The van der Waals surface area contributed by atoms with Gasteiger partial charge in [-0.3, -0.25) is 14.6 Å². The van der Waals surface area contributed by atoms with E-state index in [-0.39, 0.29) is 36.9 Å². The number of aromatic nitrogens is 2. The highest BCUT2D eigenvalue weighted by Gasteiger charge is 2.33. The number of nitriles is 1. The van der Waals surface area contributed by atoms with Gasteiger partial charge < -0.3 is 25.7 Å². The molecule has 1 aliphatic rings. The lowest BCUT2D eigenvalue weighted by Crippen LogP contribution is -2.43. The minimum Gasteiger partial charge on any atom is -0.394 e. The zero-order valence-electron chi connectivity index (χ0n) is 20.5. The van der Waals surface area contributed by atoms with E-state index in [0.717, 1.165) is 22.4 Å². The predicted molar refractivity (Wildman–Crippen MR) is 138 cm³/mol. The van der Waals surface area contributed by atoms with Crippen LogP contribution in [0.2, 0.25) is 0 Å². The maximum Gasteiger partial charge on any atom is 0.270 e. The van der Waals surface area contributed by atoms with Crippen LogP contribution in [0.5, 0.6) is 0 Å². The van der Waals surface area contributed by atoms with Gasteiger partial charge in [0.2, 0.25) is 5.91 Å². The number of rotatable bonds is 7. The summed E-state index contributed by atoms with van der Waals surface area (Å²) < 4.78 is 0. The number of pyridine rings is 2. The Balaban J connectivity index is 1.65. The van der Waals surface area contributed by atoms with E-state index in [4.69, 9.17) is 5.26 Å². The first-order valence-electron chi connectivity index (χ1n) is 11.9. The van der Waals surface area contributed by atoms with Crippen molar-refractivity contribution < 1.29 is 19.8 Å². The van der Waals surface area contributed by atoms with Crippen LogP contribution in [0.1, 0.15) is 47.9 Å². The third-order valence-electron chi connectivity index (χ3n) is 6.34. The third-order valence-corrected chi connectivity index (χ3v) is 6.34. The Labute approximate surface area is 214 Å². The molecule has 37 heavy (non-hydrogen) atoms. The summed E-state index contributed by atoms with van der Waals surface area (Å²) in [7, 11) is 0. The van der Waals surface area contributed by atoms with Gasteiger partial charge in [-0.2, -0.15) is 5.26 Å². The average Bonchev–Trinajstić information content (AvgIpc) is 2.91. The summed E-state index contributed by atoms with van der Waals surface area (Å²) in [6.07, 6.45) is 3.76. The fourth-order valence-electron chi connectivity index (χ4n) is 4.49. The number of nitrogens with one attached hydrogen (secondary N) is 2. The van der Waals surface area contributed by atoms with Gasteiger partial charge >= 0.3 is 0 Å². The van der Waals surface area contributed by atoms with E-state index in [9.17, 15) is 19.8 Å². The first-order chi connectivity index (χ1) is 17.8. The van der Waals surface area contributed by atoms with Crippen LogP contribution in [-0.2, 0) is 4.79 Å². The smallest absolute Gasteiger partial charge is 0.270 e. The molecular weight excluding hydrogens is 472 g/mol. The summed E-state index contributed by atoms with van der Waals surface area (Å²) in [6.45, 7) is 2.80. The molecule has 0 aliphatic carbocycles. The van der Waals surface area contributed by atoms with Gasteiger partial charge in [0.1, 0.15) is 17.6 Å². The maximum atomic E-state index is 12.5. The molecule has 4 rings (SSSR count). The van der Waals surface area contributed by atoms with Crippen molar-refractivity contribution in [2.24, 2.45) is 0 Å². The molecule has 0 saturated heterocycles. The molecule has 2 aromatic heterocycles. The van der Waals surface area contributed by atoms with Gasteiger partial charge in [-0.15, -0.1) is 0 Å². The molecule has 0 saturated carbocycles. The van der Waals surface area contributed by atoms with Crippen LogP contribution in [0.25, 0.3) is 11.1 Å². The molecule has 2 amide bonds. The topological polar surface area (TPSA) is 151 Å². The molecule has 1 aromatic carbocycles. The van der Waals surface area contributed by atoms with Gasteiger partial charge in [-0.1, -0.05) is 12.1 Å². The predicted octanol–water partition coefficient (Wildman–Crippen LogP) is 2.40. The first kappa shape index (κ1) is 25.8. The van der Waals surface area contributed by atoms with Gasteiger partial charge in [-0.05, 0) is 54.8 Å². The van der Waals surface area contributed by atoms with Crippen molar-refractivity contribution in [3.8, 4) is 17.2 Å². The Kier molecular flexibility index (Phi) is 7.77. The van der Waals surface area contributed by atoms with Crippen molar-refractivity contribution in [1.29, 1.82) is 5.26 Å². The lowest BCUT2D eigenvalue weighted by atomic mass is 9.89. The summed E-state index contributed by atoms with van der Waals surface area (Å²) in [4.78, 5) is 35.2. The highest BCUT2D eigenvalue weighted by Crippen LogP contribution is 2.41. The van der Waals surface area contributed by atoms with E-state index < -0.39 is 11.9 Å². The Morgan fingerprint density at radius 3 is 2.46 bits per heavy atom. The van der Waals surface area contributed by atoms with E-state index in [2.05, 4.69) is 26.7 Å². The van der Waals surface area contributed by atoms with Crippen molar-refractivity contribution in [2.45, 2.75) is 38.4 Å². The number of anilines is 2. The number of benzene rings is 1. The molecular formula is C27H28N6O4. The van der Waals surface area contributed by atoms with Crippen LogP contribution in [0, 0.1) is 11.3 Å². The van der Waals surface area contributed by atoms with Gasteiger partial charge in [0.25, 0.3) is 5.91 Å². The number of aliphatic hydroxyl groups excluding tert-OH is 2. The summed E-state index contributed by atoms with van der Waals surface area (Å²) in [6, 6.07) is 13.8. The van der Waals surface area contributed by atoms with E-state index in [1.165, 1.54) is 6.20 Å². The lowest BCUT2D eigenvalue weighted by Gasteiger charge is -2.39. The zero-order chi connectivity index (χ0) is 26.5. The molecule has 3 aromatic rings. The number of aliphatic hydroxyl groups is 2. The van der Waals surface area contributed by atoms with Gasteiger partial charge in [0, 0.05) is 36.6 Å². The highest BCUT2D eigenvalue weighted by atomic mass is 16.3. The molecule has 10 heteroatoms. The molecule has 2 atom stereocenters. The normalized spacial score (nSPS) is 16.6. The Morgan fingerprint density at radius 2 is 1.86 bits per heavy atom. The van der Waals surface area contributed by atoms with Crippen LogP contribution in [0.4, 0.5) is 11.5 Å². The zero-order valence-corrected chi connectivity index (χ0v) is 20.5. The lowest BCUT2D eigenvalue weighted by molar-refractivity contribution is -0.117. The number of fused-ring (bicyclic) bond motifs is 1. The minimum atomic E-state index is -0.753. The second kappa shape index (κ2) is 11.2. The number of amides is 2. The van der Waals surface area contributed by atoms with Crippen LogP contribution in [0.3, 0.4) is 0 Å². The maximum absolute atomic E-state index is 12.5.